The number of aromatic nitrogens is 1. The summed E-state index contributed by atoms with van der Waals surface area (Å²) in [6.45, 7) is 3.02. The highest BCUT2D eigenvalue weighted by Gasteiger charge is 2.62. The number of hydrogen-bond donors (Lipinski definition) is 1. The summed E-state index contributed by atoms with van der Waals surface area (Å²) in [7, 11) is 3.96. The molecule has 0 saturated carbocycles. The number of benzene rings is 1. The van der Waals surface area contributed by atoms with E-state index in [9.17, 15) is 9.59 Å². The van der Waals surface area contributed by atoms with Crippen LogP contribution in [0.2, 0.25) is 0 Å². The molecule has 2 aromatic rings. The number of ether oxygens (including phenoxy) is 3. The Labute approximate surface area is 194 Å². The smallest absolute Gasteiger partial charge is 0.355 e. The first-order chi connectivity index (χ1) is 15.8. The Bertz CT molecular complexity index is 1060. The number of nitrogens with zero attached hydrogens (tertiary/aromatic N) is 1. The summed E-state index contributed by atoms with van der Waals surface area (Å²) in [4.78, 5) is 30.5. The molecule has 1 unspecified atom stereocenters. The van der Waals surface area contributed by atoms with Gasteiger partial charge in [-0.05, 0) is 64.4 Å². The molecule has 3 aliphatic rings. The van der Waals surface area contributed by atoms with Crippen LogP contribution in [-0.2, 0) is 19.0 Å². The van der Waals surface area contributed by atoms with Crippen molar-refractivity contribution >= 4 is 22.8 Å². The van der Waals surface area contributed by atoms with Crippen LogP contribution < -0.4 is 0 Å². The predicted molar refractivity (Wildman–Crippen MR) is 124 cm³/mol. The molecule has 5 rings (SSSR count). The number of para-hydroxylation sites is 1. The molecule has 1 aromatic heterocycles. The van der Waals surface area contributed by atoms with Gasteiger partial charge >= 0.3 is 11.9 Å². The zero-order chi connectivity index (χ0) is 23.2. The summed E-state index contributed by atoms with van der Waals surface area (Å²) in [5.74, 6) is -0.540. The van der Waals surface area contributed by atoms with E-state index in [2.05, 4.69) is 18.0 Å². The summed E-state index contributed by atoms with van der Waals surface area (Å²) in [6.07, 6.45) is 5.25. The first-order valence-corrected chi connectivity index (χ1v) is 11.8. The minimum Gasteiger partial charge on any atom is -0.459 e. The van der Waals surface area contributed by atoms with Crippen LogP contribution in [0.5, 0.6) is 0 Å². The maximum absolute atomic E-state index is 12.7. The average Bonchev–Trinajstić information content (AvgIpc) is 3.12. The van der Waals surface area contributed by atoms with Gasteiger partial charge in [0.05, 0.1) is 11.5 Å². The summed E-state index contributed by atoms with van der Waals surface area (Å²) in [5, 5.41) is 0.985. The van der Waals surface area contributed by atoms with Gasteiger partial charge in [-0.1, -0.05) is 24.3 Å². The van der Waals surface area contributed by atoms with Gasteiger partial charge in [0.1, 0.15) is 24.5 Å². The molecule has 0 amide bonds. The normalized spacial score (nSPS) is 33.1. The van der Waals surface area contributed by atoms with Crippen molar-refractivity contribution in [1.82, 2.24) is 9.88 Å². The van der Waals surface area contributed by atoms with Crippen molar-refractivity contribution in [2.45, 2.75) is 50.4 Å². The van der Waals surface area contributed by atoms with E-state index in [1.807, 2.05) is 49.3 Å². The number of epoxide rings is 1. The Hall–Kier alpha value is -2.64. The van der Waals surface area contributed by atoms with Crippen LogP contribution in [0.1, 0.15) is 43.1 Å². The minimum atomic E-state index is -0.357. The summed E-state index contributed by atoms with van der Waals surface area (Å²) >= 11 is 0. The van der Waals surface area contributed by atoms with E-state index in [1.165, 1.54) is 0 Å². The lowest BCUT2D eigenvalue weighted by molar-refractivity contribution is -0.145. The number of rotatable bonds is 5. The number of nitrogens with one attached hydrogen (secondary N) is 1. The molecule has 2 saturated heterocycles. The Balaban J connectivity index is 1.29. The second-order valence-electron chi connectivity index (χ2n) is 10.1. The van der Waals surface area contributed by atoms with E-state index in [4.69, 9.17) is 14.2 Å². The fourth-order valence-corrected chi connectivity index (χ4v) is 5.41. The van der Waals surface area contributed by atoms with Gasteiger partial charge in [-0.25, -0.2) is 4.79 Å². The summed E-state index contributed by atoms with van der Waals surface area (Å²) in [5.41, 5.74) is 2.21. The van der Waals surface area contributed by atoms with Crippen LogP contribution in [0.15, 0.2) is 42.0 Å². The predicted octanol–water partition coefficient (Wildman–Crippen LogP) is 3.70. The summed E-state index contributed by atoms with van der Waals surface area (Å²) < 4.78 is 17.6. The van der Waals surface area contributed by atoms with Crippen LogP contribution in [0.4, 0.5) is 0 Å². The van der Waals surface area contributed by atoms with Crippen molar-refractivity contribution in [1.29, 1.82) is 0 Å². The van der Waals surface area contributed by atoms with Crippen molar-refractivity contribution < 1.29 is 23.8 Å². The standard InChI is InChI=1S/C26H32N2O5/c1-26-12-6-7-16(15-31-25(30)21-13-17-8-4-5-9-20(17)27-21)10-11-18-19(14-28(2)3)24(29)32-22(18)23(26)33-26/h4-5,7-9,13,18-19,22-23,27H,6,10-12,14-15H2,1-3H3/b16-7+/t18-,19?,22-,23+,26+/m0/s1. The third kappa shape index (κ3) is 4.44. The van der Waals surface area contributed by atoms with Crippen molar-refractivity contribution in [3.8, 4) is 0 Å². The number of aromatic amines is 1. The highest BCUT2D eigenvalue weighted by molar-refractivity contribution is 5.94. The molecular formula is C26H32N2O5. The lowest BCUT2D eigenvalue weighted by Crippen LogP contribution is -2.34. The van der Waals surface area contributed by atoms with Gasteiger partial charge in [0.15, 0.2) is 0 Å². The van der Waals surface area contributed by atoms with Crippen molar-refractivity contribution in [3.05, 3.63) is 47.7 Å². The average molecular weight is 453 g/mol. The number of carbonyl (C=O) groups is 2. The lowest BCUT2D eigenvalue weighted by Gasteiger charge is -2.24. The molecular weight excluding hydrogens is 420 g/mol. The molecule has 1 aliphatic carbocycles. The van der Waals surface area contributed by atoms with Gasteiger partial charge < -0.3 is 24.1 Å². The molecule has 0 radical (unpaired) electrons. The van der Waals surface area contributed by atoms with Crippen LogP contribution in [0.3, 0.4) is 0 Å². The molecule has 1 aromatic carbocycles. The molecule has 2 aliphatic heterocycles. The van der Waals surface area contributed by atoms with Crippen LogP contribution in [0.25, 0.3) is 10.9 Å². The maximum atomic E-state index is 12.7. The molecule has 7 heteroatoms. The van der Waals surface area contributed by atoms with Gasteiger partial charge in [-0.15, -0.1) is 0 Å². The van der Waals surface area contributed by atoms with Crippen LogP contribution >= 0.6 is 0 Å². The van der Waals surface area contributed by atoms with Gasteiger partial charge in [0.2, 0.25) is 0 Å². The zero-order valence-corrected chi connectivity index (χ0v) is 19.5. The second kappa shape index (κ2) is 8.61. The van der Waals surface area contributed by atoms with Gasteiger partial charge in [-0.3, -0.25) is 4.79 Å². The molecule has 2 fully saturated rings. The van der Waals surface area contributed by atoms with E-state index in [1.54, 1.807) is 0 Å². The topological polar surface area (TPSA) is 84.2 Å². The summed E-state index contributed by atoms with van der Waals surface area (Å²) in [6, 6.07) is 9.60. The number of hydrogen-bond acceptors (Lipinski definition) is 6. The van der Waals surface area contributed by atoms with Crippen molar-refractivity contribution in [3.63, 3.8) is 0 Å². The first-order valence-electron chi connectivity index (χ1n) is 11.8. The van der Waals surface area contributed by atoms with Gasteiger partial charge in [-0.2, -0.15) is 0 Å². The molecule has 1 N–H and O–H groups in total. The number of allylic oxidation sites excluding steroid dienone is 1. The second-order valence-corrected chi connectivity index (χ2v) is 10.1. The van der Waals surface area contributed by atoms with E-state index >= 15 is 0 Å². The van der Waals surface area contributed by atoms with E-state index in [0.717, 1.165) is 42.2 Å². The third-order valence-corrected chi connectivity index (χ3v) is 7.31. The Morgan fingerprint density at radius 3 is 2.91 bits per heavy atom. The number of fused-ring (bicyclic) bond motifs is 4. The third-order valence-electron chi connectivity index (χ3n) is 7.31. The lowest BCUT2D eigenvalue weighted by atomic mass is 9.80. The van der Waals surface area contributed by atoms with E-state index < -0.39 is 0 Å². The van der Waals surface area contributed by atoms with E-state index in [-0.39, 0.29) is 48.2 Å². The number of esters is 2. The molecule has 5 atom stereocenters. The number of H-pyrrole nitrogens is 1. The van der Waals surface area contributed by atoms with E-state index in [0.29, 0.717) is 12.2 Å². The maximum Gasteiger partial charge on any atom is 0.355 e. The SMILES string of the molecule is CN(C)CC1C(=O)O[C@@H]2[C@H]3O[C@]3(C)CC/C=C(/COC(=O)c3cc4ccccc4[nH]3)CC[C@@H]12. The molecule has 176 valence electrons. The molecule has 3 heterocycles. The van der Waals surface area contributed by atoms with Gasteiger partial charge in [0, 0.05) is 23.4 Å². The molecule has 33 heavy (non-hydrogen) atoms. The molecule has 0 spiro atoms. The monoisotopic (exact) mass is 452 g/mol. The van der Waals surface area contributed by atoms with Crippen LogP contribution in [-0.4, -0.2) is 66.9 Å². The zero-order valence-electron chi connectivity index (χ0n) is 19.5. The first kappa shape index (κ1) is 22.2. The Morgan fingerprint density at radius 1 is 1.30 bits per heavy atom. The highest BCUT2D eigenvalue weighted by atomic mass is 16.6. The van der Waals surface area contributed by atoms with Crippen LogP contribution in [0, 0.1) is 11.8 Å². The quantitative estimate of drug-likeness (QED) is 0.423. The Morgan fingerprint density at radius 2 is 2.12 bits per heavy atom. The van der Waals surface area contributed by atoms with Gasteiger partial charge in [0.25, 0.3) is 0 Å². The number of carbonyl (C=O) groups excluding carboxylic acids is 2. The van der Waals surface area contributed by atoms with Crippen molar-refractivity contribution in [2.75, 3.05) is 27.2 Å². The minimum absolute atomic E-state index is 0.0200. The fraction of sp³-hybridized carbons (Fsp3) is 0.538. The van der Waals surface area contributed by atoms with Crippen molar-refractivity contribution in [2.24, 2.45) is 11.8 Å². The largest absolute Gasteiger partial charge is 0.459 e. The highest BCUT2D eigenvalue weighted by Crippen LogP contribution is 2.50. The fourth-order valence-electron chi connectivity index (χ4n) is 5.41. The molecule has 0 bridgehead atoms. The molecule has 7 nitrogen and oxygen atoms in total. The Kier molecular flexibility index (Phi) is 5.79.